The minimum Gasteiger partial charge on any atom is -0.342 e. The Balaban J connectivity index is 1.86. The lowest BCUT2D eigenvalue weighted by atomic mass is 9.72. The summed E-state index contributed by atoms with van der Waals surface area (Å²) in [6, 6.07) is 6.53. The largest absolute Gasteiger partial charge is 0.342 e. The zero-order valence-corrected chi connectivity index (χ0v) is 12.4. The molecule has 3 heteroatoms. The zero-order chi connectivity index (χ0) is 14.0. The maximum atomic E-state index is 6.08. The average molecular weight is 271 g/mol. The van der Waals surface area contributed by atoms with Gasteiger partial charge in [-0.15, -0.1) is 0 Å². The van der Waals surface area contributed by atoms with Crippen LogP contribution in [0.25, 0.3) is 11.0 Å². The van der Waals surface area contributed by atoms with Crippen molar-refractivity contribution in [3.8, 4) is 0 Å². The number of aromatic amines is 1. The molecule has 0 spiro atoms. The Labute approximate surface area is 121 Å². The number of hydrogen-bond donors (Lipinski definition) is 2. The van der Waals surface area contributed by atoms with Crippen LogP contribution in [0.1, 0.15) is 50.4 Å². The summed E-state index contributed by atoms with van der Waals surface area (Å²) in [6.45, 7) is 2.97. The first-order chi connectivity index (χ1) is 9.74. The van der Waals surface area contributed by atoms with Crippen molar-refractivity contribution >= 4 is 11.0 Å². The quantitative estimate of drug-likeness (QED) is 0.893. The van der Waals surface area contributed by atoms with Gasteiger partial charge in [-0.2, -0.15) is 0 Å². The standard InChI is InChI=1S/C17H25N3/c1-2-13-6-7-14-15(10-13)20-16(19-14)11-17(12-18)8-4-3-5-9-17/h6-7,10H,2-5,8-9,11-12,18H2,1H3,(H,19,20). The number of nitrogens with zero attached hydrogens (tertiary/aromatic N) is 1. The van der Waals surface area contributed by atoms with Gasteiger partial charge in [-0.1, -0.05) is 32.3 Å². The summed E-state index contributed by atoms with van der Waals surface area (Å²) in [4.78, 5) is 8.27. The van der Waals surface area contributed by atoms with Gasteiger partial charge in [0, 0.05) is 6.42 Å². The van der Waals surface area contributed by atoms with Crippen molar-refractivity contribution in [2.45, 2.75) is 51.9 Å². The van der Waals surface area contributed by atoms with Gasteiger partial charge < -0.3 is 10.7 Å². The van der Waals surface area contributed by atoms with E-state index < -0.39 is 0 Å². The van der Waals surface area contributed by atoms with Crippen molar-refractivity contribution < 1.29 is 0 Å². The molecule has 1 aliphatic carbocycles. The summed E-state index contributed by atoms with van der Waals surface area (Å²) in [5.74, 6) is 1.11. The lowest BCUT2D eigenvalue weighted by Crippen LogP contribution is -2.35. The topological polar surface area (TPSA) is 54.7 Å². The highest BCUT2D eigenvalue weighted by Gasteiger charge is 2.31. The maximum Gasteiger partial charge on any atom is 0.107 e. The van der Waals surface area contributed by atoms with E-state index in [0.717, 1.165) is 30.7 Å². The molecule has 108 valence electrons. The lowest BCUT2D eigenvalue weighted by Gasteiger charge is -2.35. The smallest absolute Gasteiger partial charge is 0.107 e. The summed E-state index contributed by atoms with van der Waals surface area (Å²) in [5, 5.41) is 0. The molecule has 1 aromatic carbocycles. The van der Waals surface area contributed by atoms with Crippen LogP contribution < -0.4 is 5.73 Å². The normalized spacial score (nSPS) is 18.5. The first-order valence-electron chi connectivity index (χ1n) is 7.92. The van der Waals surface area contributed by atoms with E-state index in [1.165, 1.54) is 43.2 Å². The van der Waals surface area contributed by atoms with Crippen LogP contribution in [0.4, 0.5) is 0 Å². The number of H-pyrrole nitrogens is 1. The van der Waals surface area contributed by atoms with E-state index in [4.69, 9.17) is 10.7 Å². The second-order valence-electron chi connectivity index (χ2n) is 6.33. The van der Waals surface area contributed by atoms with Crippen molar-refractivity contribution in [1.29, 1.82) is 0 Å². The summed E-state index contributed by atoms with van der Waals surface area (Å²) >= 11 is 0. The Bertz CT molecular complexity index is 579. The fraction of sp³-hybridized carbons (Fsp3) is 0.588. The van der Waals surface area contributed by atoms with Crippen LogP contribution in [-0.4, -0.2) is 16.5 Å². The molecule has 3 N–H and O–H groups in total. The van der Waals surface area contributed by atoms with Gasteiger partial charge in [-0.3, -0.25) is 0 Å². The molecular formula is C17H25N3. The summed E-state index contributed by atoms with van der Waals surface area (Å²) in [5.41, 5.74) is 9.97. The third-order valence-corrected chi connectivity index (χ3v) is 4.89. The molecular weight excluding hydrogens is 246 g/mol. The molecule has 1 saturated carbocycles. The number of rotatable bonds is 4. The fourth-order valence-corrected chi connectivity index (χ4v) is 3.52. The van der Waals surface area contributed by atoms with Crippen LogP contribution in [-0.2, 0) is 12.8 Å². The number of imidazole rings is 1. The molecule has 0 bridgehead atoms. The van der Waals surface area contributed by atoms with E-state index in [0.29, 0.717) is 0 Å². The number of nitrogens with two attached hydrogens (primary N) is 1. The molecule has 0 atom stereocenters. The second-order valence-corrected chi connectivity index (χ2v) is 6.33. The van der Waals surface area contributed by atoms with E-state index in [1.807, 2.05) is 0 Å². The monoisotopic (exact) mass is 271 g/mol. The third kappa shape index (κ3) is 2.59. The summed E-state index contributed by atoms with van der Waals surface area (Å²) in [6.07, 6.45) is 8.56. The van der Waals surface area contributed by atoms with E-state index in [1.54, 1.807) is 0 Å². The van der Waals surface area contributed by atoms with Crippen LogP contribution in [0.5, 0.6) is 0 Å². The van der Waals surface area contributed by atoms with Gasteiger partial charge >= 0.3 is 0 Å². The van der Waals surface area contributed by atoms with Gasteiger partial charge in [0.05, 0.1) is 11.0 Å². The van der Waals surface area contributed by atoms with E-state index in [2.05, 4.69) is 30.1 Å². The predicted octanol–water partition coefficient (Wildman–Crippen LogP) is 3.58. The minimum absolute atomic E-state index is 0.277. The van der Waals surface area contributed by atoms with Crippen LogP contribution in [0.3, 0.4) is 0 Å². The summed E-state index contributed by atoms with van der Waals surface area (Å²) in [7, 11) is 0. The molecule has 0 saturated heterocycles. The van der Waals surface area contributed by atoms with Crippen molar-refractivity contribution in [2.75, 3.05) is 6.54 Å². The van der Waals surface area contributed by atoms with E-state index in [-0.39, 0.29) is 5.41 Å². The van der Waals surface area contributed by atoms with Crippen molar-refractivity contribution in [3.05, 3.63) is 29.6 Å². The molecule has 0 aliphatic heterocycles. The molecule has 1 aliphatic rings. The Morgan fingerprint density at radius 1 is 1.25 bits per heavy atom. The predicted molar refractivity (Wildman–Crippen MR) is 83.7 cm³/mol. The Morgan fingerprint density at radius 3 is 2.75 bits per heavy atom. The van der Waals surface area contributed by atoms with Crippen LogP contribution >= 0.6 is 0 Å². The first-order valence-corrected chi connectivity index (χ1v) is 7.92. The molecule has 2 aromatic rings. The zero-order valence-electron chi connectivity index (χ0n) is 12.4. The highest BCUT2D eigenvalue weighted by molar-refractivity contribution is 5.75. The Kier molecular flexibility index (Phi) is 3.79. The highest BCUT2D eigenvalue weighted by Crippen LogP contribution is 2.38. The van der Waals surface area contributed by atoms with Crippen molar-refractivity contribution in [2.24, 2.45) is 11.1 Å². The first kappa shape index (κ1) is 13.6. The molecule has 1 heterocycles. The number of aryl methyl sites for hydroxylation is 1. The molecule has 1 fully saturated rings. The molecule has 20 heavy (non-hydrogen) atoms. The lowest BCUT2D eigenvalue weighted by molar-refractivity contribution is 0.194. The second kappa shape index (κ2) is 5.57. The van der Waals surface area contributed by atoms with Gasteiger partial charge in [0.1, 0.15) is 5.82 Å². The number of hydrogen-bond acceptors (Lipinski definition) is 2. The number of nitrogens with one attached hydrogen (secondary N) is 1. The van der Waals surface area contributed by atoms with Gasteiger partial charge in [0.2, 0.25) is 0 Å². The summed E-state index contributed by atoms with van der Waals surface area (Å²) < 4.78 is 0. The molecule has 1 aromatic heterocycles. The molecule has 0 unspecified atom stereocenters. The minimum atomic E-state index is 0.277. The Hall–Kier alpha value is -1.35. The highest BCUT2D eigenvalue weighted by atomic mass is 14.9. The SMILES string of the molecule is CCc1ccc2nc(CC3(CN)CCCCC3)[nH]c2c1. The van der Waals surface area contributed by atoms with Gasteiger partial charge in [-0.05, 0) is 48.9 Å². The molecule has 3 rings (SSSR count). The third-order valence-electron chi connectivity index (χ3n) is 4.89. The molecule has 0 radical (unpaired) electrons. The van der Waals surface area contributed by atoms with Crippen molar-refractivity contribution in [3.63, 3.8) is 0 Å². The van der Waals surface area contributed by atoms with Crippen molar-refractivity contribution in [1.82, 2.24) is 9.97 Å². The van der Waals surface area contributed by atoms with Crippen LogP contribution in [0, 0.1) is 5.41 Å². The number of fused-ring (bicyclic) bond motifs is 1. The van der Waals surface area contributed by atoms with Crippen LogP contribution in [0.2, 0.25) is 0 Å². The fourth-order valence-electron chi connectivity index (χ4n) is 3.52. The number of benzene rings is 1. The van der Waals surface area contributed by atoms with Gasteiger partial charge in [0.25, 0.3) is 0 Å². The molecule has 3 nitrogen and oxygen atoms in total. The van der Waals surface area contributed by atoms with E-state index >= 15 is 0 Å². The van der Waals surface area contributed by atoms with E-state index in [9.17, 15) is 0 Å². The molecule has 0 amide bonds. The average Bonchev–Trinajstić information content (AvgIpc) is 2.89. The maximum absolute atomic E-state index is 6.08. The Morgan fingerprint density at radius 2 is 2.05 bits per heavy atom. The van der Waals surface area contributed by atoms with Crippen LogP contribution in [0.15, 0.2) is 18.2 Å². The van der Waals surface area contributed by atoms with Gasteiger partial charge in [0.15, 0.2) is 0 Å². The number of aromatic nitrogens is 2. The van der Waals surface area contributed by atoms with Gasteiger partial charge in [-0.25, -0.2) is 4.98 Å².